The van der Waals surface area contributed by atoms with Crippen molar-refractivity contribution in [3.8, 4) is 23.1 Å². The van der Waals surface area contributed by atoms with E-state index >= 15 is 0 Å². The van der Waals surface area contributed by atoms with Gasteiger partial charge < -0.3 is 16.4 Å². The topological polar surface area (TPSA) is 135 Å². The molecule has 3 aromatic heterocycles. The number of anilines is 1. The van der Waals surface area contributed by atoms with E-state index in [9.17, 15) is 0 Å². The molecule has 0 unspecified atom stereocenters. The van der Waals surface area contributed by atoms with Crippen LogP contribution in [0.4, 0.5) is 5.82 Å². The Morgan fingerprint density at radius 2 is 2.06 bits per heavy atom. The fraction of sp³-hybridized carbons (Fsp3) is 0.318. The first-order chi connectivity index (χ1) is 15.8. The molecule has 32 heavy (non-hydrogen) atoms. The first-order valence-corrected chi connectivity index (χ1v) is 10.7. The normalized spacial score (nSPS) is 14.5. The minimum absolute atomic E-state index is 0.402. The first-order valence-electron chi connectivity index (χ1n) is 10.7. The molecule has 4 heterocycles. The molecule has 0 atom stereocenters. The van der Waals surface area contributed by atoms with Crippen LogP contribution < -0.4 is 16.4 Å². The fourth-order valence-corrected chi connectivity index (χ4v) is 4.02. The fourth-order valence-electron chi connectivity index (χ4n) is 4.02. The maximum absolute atomic E-state index is 9.13. The highest BCUT2D eigenvalue weighted by Gasteiger charge is 2.18. The van der Waals surface area contributed by atoms with Gasteiger partial charge in [-0.2, -0.15) is 25.1 Å². The van der Waals surface area contributed by atoms with Gasteiger partial charge in [0.2, 0.25) is 0 Å². The minimum atomic E-state index is 0.402. The van der Waals surface area contributed by atoms with E-state index in [1.54, 1.807) is 29.2 Å². The molecule has 0 bridgehead atoms. The smallest absolute Gasteiger partial charge is 0.253 e. The summed E-state index contributed by atoms with van der Waals surface area (Å²) in [6.07, 6.45) is 9.56. The van der Waals surface area contributed by atoms with Crippen LogP contribution in [0.5, 0.6) is 0 Å². The molecule has 1 aliphatic rings. The lowest BCUT2D eigenvalue weighted by Crippen LogP contribution is -2.29. The molecule has 162 valence electrons. The van der Waals surface area contributed by atoms with Crippen LogP contribution in [0.3, 0.4) is 0 Å². The molecule has 5 rings (SSSR count). The third kappa shape index (κ3) is 3.79. The first kappa shape index (κ1) is 20.1. The molecule has 10 nitrogen and oxygen atoms in total. The van der Waals surface area contributed by atoms with Gasteiger partial charge in [0.05, 0.1) is 35.6 Å². The SMILES string of the molecule is N#Cc1ccc2c(cnn2-c2ncc(-c3cnn(C4CCNCC4)c3)c(NCCN)n2)c1. The van der Waals surface area contributed by atoms with Gasteiger partial charge in [-0.05, 0) is 44.1 Å². The largest absolute Gasteiger partial charge is 0.368 e. The van der Waals surface area contributed by atoms with Crippen molar-refractivity contribution in [3.63, 3.8) is 0 Å². The molecule has 0 radical (unpaired) electrons. The Balaban J connectivity index is 1.51. The van der Waals surface area contributed by atoms with Gasteiger partial charge in [-0.1, -0.05) is 0 Å². The van der Waals surface area contributed by atoms with Gasteiger partial charge in [0.15, 0.2) is 0 Å². The van der Waals surface area contributed by atoms with Crippen molar-refractivity contribution >= 4 is 16.7 Å². The van der Waals surface area contributed by atoms with Crippen LogP contribution in [-0.4, -0.2) is 55.7 Å². The highest BCUT2D eigenvalue weighted by atomic mass is 15.4. The lowest BCUT2D eigenvalue weighted by atomic mass is 10.1. The number of hydrogen-bond acceptors (Lipinski definition) is 8. The summed E-state index contributed by atoms with van der Waals surface area (Å²) in [5.74, 6) is 1.13. The molecule has 0 amide bonds. The van der Waals surface area contributed by atoms with Crippen LogP contribution in [0.1, 0.15) is 24.4 Å². The predicted molar refractivity (Wildman–Crippen MR) is 121 cm³/mol. The average Bonchev–Trinajstić information content (AvgIpc) is 3.50. The van der Waals surface area contributed by atoms with Crippen molar-refractivity contribution in [1.82, 2.24) is 34.8 Å². The van der Waals surface area contributed by atoms with Crippen molar-refractivity contribution in [3.05, 3.63) is 48.5 Å². The second-order valence-corrected chi connectivity index (χ2v) is 7.78. The molecular formula is C22H24N10. The molecule has 1 saturated heterocycles. The van der Waals surface area contributed by atoms with Gasteiger partial charge in [-0.3, -0.25) is 4.68 Å². The van der Waals surface area contributed by atoms with E-state index in [1.165, 1.54) is 0 Å². The monoisotopic (exact) mass is 428 g/mol. The van der Waals surface area contributed by atoms with Crippen molar-refractivity contribution in [2.24, 2.45) is 5.73 Å². The lowest BCUT2D eigenvalue weighted by molar-refractivity contribution is 0.343. The van der Waals surface area contributed by atoms with Gasteiger partial charge >= 0.3 is 0 Å². The molecule has 1 aliphatic heterocycles. The zero-order valence-corrected chi connectivity index (χ0v) is 17.6. The summed E-state index contributed by atoms with van der Waals surface area (Å²) in [4.78, 5) is 9.34. The number of rotatable bonds is 6. The van der Waals surface area contributed by atoms with Crippen molar-refractivity contribution in [2.75, 3.05) is 31.5 Å². The Bertz CT molecular complexity index is 1280. The summed E-state index contributed by atoms with van der Waals surface area (Å²) in [7, 11) is 0. The molecule has 1 fully saturated rings. The van der Waals surface area contributed by atoms with Gasteiger partial charge in [0.1, 0.15) is 5.82 Å². The van der Waals surface area contributed by atoms with E-state index in [0.29, 0.717) is 36.5 Å². The quantitative estimate of drug-likeness (QED) is 0.423. The van der Waals surface area contributed by atoms with E-state index in [2.05, 4.69) is 38.1 Å². The molecule has 0 saturated carbocycles. The molecule has 1 aromatic carbocycles. The Kier molecular flexibility index (Phi) is 5.49. The average molecular weight is 429 g/mol. The Hall–Kier alpha value is -3.81. The van der Waals surface area contributed by atoms with Gasteiger partial charge in [-0.25, -0.2) is 4.98 Å². The summed E-state index contributed by atoms with van der Waals surface area (Å²) in [5, 5.41) is 25.7. The third-order valence-corrected chi connectivity index (χ3v) is 5.69. The molecular weight excluding hydrogens is 404 g/mol. The number of nitrogens with zero attached hydrogens (tertiary/aromatic N) is 7. The number of benzene rings is 1. The van der Waals surface area contributed by atoms with Crippen LogP contribution in [0.25, 0.3) is 28.0 Å². The van der Waals surface area contributed by atoms with Gasteiger partial charge in [0.25, 0.3) is 5.95 Å². The number of fused-ring (bicyclic) bond motifs is 1. The second-order valence-electron chi connectivity index (χ2n) is 7.78. The Morgan fingerprint density at radius 3 is 2.88 bits per heavy atom. The number of nitrogens with two attached hydrogens (primary N) is 1. The van der Waals surface area contributed by atoms with Gasteiger partial charge in [0, 0.05) is 42.0 Å². The summed E-state index contributed by atoms with van der Waals surface area (Å²) in [6, 6.07) is 7.97. The summed E-state index contributed by atoms with van der Waals surface area (Å²) in [6.45, 7) is 3.08. The van der Waals surface area contributed by atoms with Crippen LogP contribution in [0.15, 0.2) is 43.0 Å². The number of piperidine rings is 1. The van der Waals surface area contributed by atoms with Crippen LogP contribution in [0, 0.1) is 11.3 Å². The van der Waals surface area contributed by atoms with Crippen molar-refractivity contribution in [1.29, 1.82) is 5.26 Å². The number of nitrogens with one attached hydrogen (secondary N) is 2. The van der Waals surface area contributed by atoms with E-state index in [4.69, 9.17) is 16.0 Å². The Morgan fingerprint density at radius 1 is 1.19 bits per heavy atom. The summed E-state index contributed by atoms with van der Waals surface area (Å²) in [5.41, 5.74) is 8.97. The molecule has 4 aromatic rings. The molecule has 4 N–H and O–H groups in total. The molecule has 0 aliphatic carbocycles. The molecule has 0 spiro atoms. The van der Waals surface area contributed by atoms with Crippen LogP contribution in [0.2, 0.25) is 0 Å². The lowest BCUT2D eigenvalue weighted by Gasteiger charge is -2.22. The highest BCUT2D eigenvalue weighted by Crippen LogP contribution is 2.29. The predicted octanol–water partition coefficient (Wildman–Crippen LogP) is 1.85. The number of hydrogen-bond donors (Lipinski definition) is 3. The zero-order chi connectivity index (χ0) is 21.9. The van der Waals surface area contributed by atoms with E-state index in [-0.39, 0.29) is 0 Å². The Labute approximate surface area is 185 Å². The van der Waals surface area contributed by atoms with Crippen LogP contribution >= 0.6 is 0 Å². The zero-order valence-electron chi connectivity index (χ0n) is 17.6. The van der Waals surface area contributed by atoms with Crippen molar-refractivity contribution < 1.29 is 0 Å². The highest BCUT2D eigenvalue weighted by molar-refractivity contribution is 5.81. The standard InChI is InChI=1S/C22H24N10/c23-5-8-26-21-19(17-12-28-31(14-17)18-3-6-25-7-4-18)13-27-22(30-21)32-20-2-1-15(10-24)9-16(20)11-29-32/h1-2,9,11-14,18,25H,3-8,23H2,(H,26,27,30). The van der Waals surface area contributed by atoms with E-state index < -0.39 is 0 Å². The third-order valence-electron chi connectivity index (χ3n) is 5.69. The van der Waals surface area contributed by atoms with E-state index in [1.807, 2.05) is 16.9 Å². The maximum atomic E-state index is 9.13. The van der Waals surface area contributed by atoms with Gasteiger partial charge in [-0.15, -0.1) is 0 Å². The summed E-state index contributed by atoms with van der Waals surface area (Å²) >= 11 is 0. The summed E-state index contributed by atoms with van der Waals surface area (Å²) < 4.78 is 3.72. The minimum Gasteiger partial charge on any atom is -0.368 e. The maximum Gasteiger partial charge on any atom is 0.253 e. The number of nitriles is 1. The second kappa shape index (κ2) is 8.74. The molecule has 10 heteroatoms. The van der Waals surface area contributed by atoms with Crippen molar-refractivity contribution in [2.45, 2.75) is 18.9 Å². The van der Waals surface area contributed by atoms with E-state index in [0.717, 1.165) is 48.0 Å². The number of aromatic nitrogens is 6. The van der Waals surface area contributed by atoms with Crippen LogP contribution in [-0.2, 0) is 0 Å².